The topological polar surface area (TPSA) is 12.5 Å². The Kier molecular flexibility index (Phi) is 5.08. The summed E-state index contributed by atoms with van der Waals surface area (Å²) in [7, 11) is 1.73. The fourth-order valence-electron chi connectivity index (χ4n) is 2.01. The molecule has 0 aliphatic rings. The summed E-state index contributed by atoms with van der Waals surface area (Å²) >= 11 is 0. The lowest BCUT2D eigenvalue weighted by molar-refractivity contribution is 0.327. The number of methoxy groups -OCH3 is 1. The molecule has 1 aromatic rings. The molecule has 0 fully saturated rings. The van der Waals surface area contributed by atoms with E-state index in [0.717, 1.165) is 31.0 Å². The molecular formula is C15H23NO. The van der Waals surface area contributed by atoms with Crippen LogP contribution >= 0.6 is 0 Å². The van der Waals surface area contributed by atoms with Gasteiger partial charge in [0.05, 0.1) is 7.11 Å². The van der Waals surface area contributed by atoms with Gasteiger partial charge in [0.2, 0.25) is 0 Å². The third-order valence-electron chi connectivity index (χ3n) is 2.89. The monoisotopic (exact) mass is 233 g/mol. The van der Waals surface area contributed by atoms with Crippen molar-refractivity contribution in [1.29, 1.82) is 0 Å². The average Bonchev–Trinajstić information content (AvgIpc) is 2.28. The van der Waals surface area contributed by atoms with E-state index < -0.39 is 0 Å². The molecule has 0 unspecified atom stereocenters. The summed E-state index contributed by atoms with van der Waals surface area (Å²) in [5, 5.41) is 0. The van der Waals surface area contributed by atoms with Crippen LogP contribution in [0.15, 0.2) is 30.5 Å². The lowest BCUT2D eigenvalue weighted by atomic mass is 10.1. The number of benzene rings is 1. The van der Waals surface area contributed by atoms with Gasteiger partial charge in [0.15, 0.2) is 0 Å². The molecule has 0 aliphatic heterocycles. The van der Waals surface area contributed by atoms with Crippen molar-refractivity contribution in [3.8, 4) is 5.75 Å². The predicted molar refractivity (Wildman–Crippen MR) is 73.2 cm³/mol. The number of hydrogen-bond donors (Lipinski definition) is 0. The van der Waals surface area contributed by atoms with Crippen LogP contribution in [0.5, 0.6) is 5.75 Å². The summed E-state index contributed by atoms with van der Waals surface area (Å²) in [4.78, 5) is 2.29. The third-order valence-corrected chi connectivity index (χ3v) is 2.89. The number of hydrogen-bond acceptors (Lipinski definition) is 2. The molecule has 0 spiro atoms. The predicted octanol–water partition coefficient (Wildman–Crippen LogP) is 3.75. The van der Waals surface area contributed by atoms with Gasteiger partial charge in [0, 0.05) is 24.4 Å². The molecule has 0 atom stereocenters. The van der Waals surface area contributed by atoms with Crippen LogP contribution in [0.2, 0.25) is 0 Å². The molecule has 0 amide bonds. The molecule has 0 aliphatic carbocycles. The van der Waals surface area contributed by atoms with Crippen molar-refractivity contribution in [2.75, 3.05) is 13.7 Å². The van der Waals surface area contributed by atoms with Gasteiger partial charge in [-0.3, -0.25) is 0 Å². The quantitative estimate of drug-likeness (QED) is 0.742. The normalized spacial score (nSPS) is 10.1. The maximum absolute atomic E-state index is 5.48. The van der Waals surface area contributed by atoms with E-state index in [1.807, 2.05) is 0 Å². The molecule has 17 heavy (non-hydrogen) atoms. The van der Waals surface area contributed by atoms with Gasteiger partial charge in [-0.15, -0.1) is 0 Å². The first-order valence-electron chi connectivity index (χ1n) is 6.13. The highest BCUT2D eigenvalue weighted by Gasteiger charge is 2.10. The third kappa shape index (κ3) is 3.52. The van der Waals surface area contributed by atoms with E-state index in [1.54, 1.807) is 7.11 Å². The molecule has 2 nitrogen and oxygen atoms in total. The Morgan fingerprint density at radius 2 is 2.12 bits per heavy atom. The maximum atomic E-state index is 5.48. The SMILES string of the molecule is C=C(C)N(CCC)Cc1cccc(C)c1OC. The zero-order valence-corrected chi connectivity index (χ0v) is 11.4. The molecule has 0 heterocycles. The Balaban J connectivity index is 2.92. The number of allylic oxidation sites excluding steroid dienone is 1. The highest BCUT2D eigenvalue weighted by molar-refractivity contribution is 5.40. The number of rotatable bonds is 6. The van der Waals surface area contributed by atoms with Gasteiger partial charge < -0.3 is 9.64 Å². The molecule has 1 rings (SSSR count). The van der Waals surface area contributed by atoms with Crippen molar-refractivity contribution >= 4 is 0 Å². The summed E-state index contributed by atoms with van der Waals surface area (Å²) in [6.07, 6.45) is 1.13. The van der Waals surface area contributed by atoms with Gasteiger partial charge in [-0.2, -0.15) is 0 Å². The van der Waals surface area contributed by atoms with E-state index in [9.17, 15) is 0 Å². The lowest BCUT2D eigenvalue weighted by Crippen LogP contribution is -2.21. The number of ether oxygens (including phenoxy) is 1. The fourth-order valence-corrected chi connectivity index (χ4v) is 2.01. The summed E-state index contributed by atoms with van der Waals surface area (Å²) < 4.78 is 5.48. The molecule has 0 saturated carbocycles. The van der Waals surface area contributed by atoms with E-state index in [1.165, 1.54) is 11.1 Å². The second kappa shape index (κ2) is 6.33. The van der Waals surface area contributed by atoms with Gasteiger partial charge in [-0.05, 0) is 25.8 Å². The van der Waals surface area contributed by atoms with Crippen molar-refractivity contribution in [3.05, 3.63) is 41.6 Å². The Morgan fingerprint density at radius 1 is 1.41 bits per heavy atom. The molecule has 0 saturated heterocycles. The molecule has 0 radical (unpaired) electrons. The molecule has 2 heteroatoms. The van der Waals surface area contributed by atoms with Crippen LogP contribution in [-0.4, -0.2) is 18.6 Å². The Labute approximate surface area is 105 Å². The van der Waals surface area contributed by atoms with Crippen molar-refractivity contribution in [1.82, 2.24) is 4.90 Å². The highest BCUT2D eigenvalue weighted by Crippen LogP contribution is 2.25. The van der Waals surface area contributed by atoms with Gasteiger partial charge in [0.25, 0.3) is 0 Å². The zero-order chi connectivity index (χ0) is 12.8. The number of nitrogens with zero attached hydrogens (tertiary/aromatic N) is 1. The first-order chi connectivity index (χ1) is 8.10. The minimum atomic E-state index is 0.869. The second-order valence-electron chi connectivity index (χ2n) is 4.42. The van der Waals surface area contributed by atoms with Crippen molar-refractivity contribution in [2.45, 2.75) is 33.7 Å². The van der Waals surface area contributed by atoms with E-state index in [-0.39, 0.29) is 0 Å². The summed E-state index contributed by atoms with van der Waals surface area (Å²) in [6.45, 7) is 12.3. The van der Waals surface area contributed by atoms with Crippen LogP contribution in [0, 0.1) is 6.92 Å². The van der Waals surface area contributed by atoms with E-state index in [4.69, 9.17) is 4.74 Å². The van der Waals surface area contributed by atoms with Crippen LogP contribution < -0.4 is 4.74 Å². The summed E-state index contributed by atoms with van der Waals surface area (Å²) in [5.74, 6) is 0.995. The standard InChI is InChI=1S/C15H23NO/c1-6-10-16(12(2)3)11-14-9-7-8-13(4)15(14)17-5/h7-9H,2,6,10-11H2,1,3-5H3. The first kappa shape index (κ1) is 13.6. The van der Waals surface area contributed by atoms with Crippen LogP contribution in [0.1, 0.15) is 31.4 Å². The smallest absolute Gasteiger partial charge is 0.126 e. The minimum Gasteiger partial charge on any atom is -0.496 e. The van der Waals surface area contributed by atoms with Gasteiger partial charge in [-0.25, -0.2) is 0 Å². The molecular weight excluding hydrogens is 210 g/mol. The molecule has 0 aromatic heterocycles. The second-order valence-corrected chi connectivity index (χ2v) is 4.42. The Bertz CT molecular complexity index is 385. The van der Waals surface area contributed by atoms with Crippen molar-refractivity contribution in [3.63, 3.8) is 0 Å². The Hall–Kier alpha value is -1.44. The first-order valence-corrected chi connectivity index (χ1v) is 6.13. The largest absolute Gasteiger partial charge is 0.496 e. The van der Waals surface area contributed by atoms with Gasteiger partial charge in [0.1, 0.15) is 5.75 Å². The van der Waals surface area contributed by atoms with Crippen molar-refractivity contribution < 1.29 is 4.74 Å². The van der Waals surface area contributed by atoms with Gasteiger partial charge >= 0.3 is 0 Å². The van der Waals surface area contributed by atoms with Gasteiger partial charge in [-0.1, -0.05) is 31.7 Å². The van der Waals surface area contributed by atoms with E-state index in [2.05, 4.69) is 50.4 Å². The molecule has 94 valence electrons. The van der Waals surface area contributed by atoms with Crippen LogP contribution in [0.25, 0.3) is 0 Å². The number of aryl methyl sites for hydroxylation is 1. The molecule has 1 aromatic carbocycles. The van der Waals surface area contributed by atoms with E-state index in [0.29, 0.717) is 0 Å². The maximum Gasteiger partial charge on any atom is 0.126 e. The summed E-state index contributed by atoms with van der Waals surface area (Å²) in [5.41, 5.74) is 3.52. The van der Waals surface area contributed by atoms with Crippen LogP contribution in [0.4, 0.5) is 0 Å². The highest BCUT2D eigenvalue weighted by atomic mass is 16.5. The fraction of sp³-hybridized carbons (Fsp3) is 0.467. The number of para-hydroxylation sites is 1. The minimum absolute atomic E-state index is 0.869. The molecule has 0 N–H and O–H groups in total. The van der Waals surface area contributed by atoms with Crippen LogP contribution in [-0.2, 0) is 6.54 Å². The lowest BCUT2D eigenvalue weighted by Gasteiger charge is -2.25. The average molecular weight is 233 g/mol. The summed E-state index contributed by atoms with van der Waals surface area (Å²) in [6, 6.07) is 6.28. The van der Waals surface area contributed by atoms with Crippen LogP contribution in [0.3, 0.4) is 0 Å². The zero-order valence-electron chi connectivity index (χ0n) is 11.4. The van der Waals surface area contributed by atoms with E-state index >= 15 is 0 Å². The Morgan fingerprint density at radius 3 is 2.65 bits per heavy atom. The molecule has 0 bridgehead atoms. The van der Waals surface area contributed by atoms with Crippen molar-refractivity contribution in [2.24, 2.45) is 0 Å².